The Bertz CT molecular complexity index is 1220. The molecule has 220 valence electrons. The van der Waals surface area contributed by atoms with Crippen LogP contribution in [0.3, 0.4) is 0 Å². The van der Waals surface area contributed by atoms with E-state index in [0.717, 1.165) is 4.90 Å². The maximum atomic E-state index is 13.2. The van der Waals surface area contributed by atoms with Crippen LogP contribution < -0.4 is 15.0 Å². The monoisotopic (exact) mass is 568 g/mol. The smallest absolute Gasteiger partial charge is 0.408 e. The molecule has 40 heavy (non-hydrogen) atoms. The average Bonchev–Trinajstić information content (AvgIpc) is 3.22. The number of hydrogen-bond acceptors (Lipinski definition) is 11. The number of fused-ring (bicyclic) bond motifs is 1. The second-order valence-corrected chi connectivity index (χ2v) is 10.8. The van der Waals surface area contributed by atoms with E-state index in [4.69, 9.17) is 19.3 Å². The molecule has 0 unspecified atom stereocenters. The van der Waals surface area contributed by atoms with Crippen LogP contribution in [0.5, 0.6) is 5.75 Å². The van der Waals surface area contributed by atoms with Gasteiger partial charge in [-0.05, 0) is 54.4 Å². The largest absolute Gasteiger partial charge is 0.479 e. The van der Waals surface area contributed by atoms with Crippen LogP contribution in [0.1, 0.15) is 59.9 Å². The molecule has 0 aromatic heterocycles. The van der Waals surface area contributed by atoms with Gasteiger partial charge in [-0.25, -0.2) is 14.4 Å². The van der Waals surface area contributed by atoms with Crippen molar-refractivity contribution in [3.05, 3.63) is 31.9 Å². The number of esters is 1. The summed E-state index contributed by atoms with van der Waals surface area (Å²) < 4.78 is 15.6. The Kier molecular flexibility index (Phi) is 9.62. The van der Waals surface area contributed by atoms with Gasteiger partial charge in [0.2, 0.25) is 11.7 Å². The Morgan fingerprint density at radius 2 is 1.60 bits per heavy atom. The number of alkyl carbamates (subject to hydrolysis) is 1. The maximum Gasteiger partial charge on any atom is 0.408 e. The van der Waals surface area contributed by atoms with Crippen LogP contribution in [0.4, 0.5) is 21.9 Å². The van der Waals surface area contributed by atoms with Crippen LogP contribution in [0.2, 0.25) is 0 Å². The first-order valence-corrected chi connectivity index (χ1v) is 12.2. The number of carbonyl (C=O) groups is 4. The fraction of sp³-hybridized carbons (Fsp3) is 0.583. The van der Waals surface area contributed by atoms with Crippen molar-refractivity contribution >= 4 is 41.0 Å². The number of nitro groups is 2. The van der Waals surface area contributed by atoms with E-state index >= 15 is 0 Å². The van der Waals surface area contributed by atoms with Gasteiger partial charge in [0, 0.05) is 18.5 Å². The summed E-state index contributed by atoms with van der Waals surface area (Å²) in [5.41, 5.74) is -3.68. The molecule has 1 atom stereocenters. The van der Waals surface area contributed by atoms with Crippen LogP contribution in [-0.4, -0.2) is 69.3 Å². The predicted molar refractivity (Wildman–Crippen MR) is 137 cm³/mol. The third-order valence-electron chi connectivity index (χ3n) is 5.23. The summed E-state index contributed by atoms with van der Waals surface area (Å²) in [5.74, 6) is -3.45. The lowest BCUT2D eigenvalue weighted by Gasteiger charge is -2.26. The van der Waals surface area contributed by atoms with E-state index in [-0.39, 0.29) is 30.6 Å². The number of aliphatic carboxylic acids is 1. The number of amides is 2. The molecule has 2 rings (SSSR count). The Labute approximate surface area is 228 Å². The zero-order chi connectivity index (χ0) is 30.6. The number of carboxylic acid groups (broad SMARTS) is 1. The highest BCUT2D eigenvalue weighted by molar-refractivity contribution is 6.00. The lowest BCUT2D eigenvalue weighted by molar-refractivity contribution is -0.394. The fourth-order valence-electron chi connectivity index (χ4n) is 3.84. The minimum absolute atomic E-state index is 0.0638. The number of rotatable bonds is 10. The van der Waals surface area contributed by atoms with E-state index in [1.807, 2.05) is 0 Å². The number of nitrogens with zero attached hydrogens (tertiary/aromatic N) is 3. The molecule has 2 N–H and O–H groups in total. The highest BCUT2D eigenvalue weighted by Gasteiger charge is 2.40. The highest BCUT2D eigenvalue weighted by atomic mass is 16.6. The fourth-order valence-corrected chi connectivity index (χ4v) is 3.84. The van der Waals surface area contributed by atoms with Crippen molar-refractivity contribution in [2.24, 2.45) is 0 Å². The minimum atomic E-state index is -1.43. The van der Waals surface area contributed by atoms with Crippen molar-refractivity contribution in [3.8, 4) is 5.75 Å². The number of nitro benzene ring substituents is 2. The Morgan fingerprint density at radius 1 is 1.02 bits per heavy atom. The summed E-state index contributed by atoms with van der Waals surface area (Å²) in [6.45, 7) is 8.63. The molecule has 0 radical (unpaired) electrons. The Morgan fingerprint density at radius 3 is 2.10 bits per heavy atom. The Hall–Kier alpha value is -4.50. The first kappa shape index (κ1) is 31.7. The molecule has 1 aliphatic heterocycles. The van der Waals surface area contributed by atoms with E-state index in [0.29, 0.717) is 6.07 Å². The molecule has 16 heteroatoms. The van der Waals surface area contributed by atoms with Gasteiger partial charge in [0.15, 0.2) is 6.61 Å². The first-order valence-electron chi connectivity index (χ1n) is 12.2. The van der Waals surface area contributed by atoms with Crippen molar-refractivity contribution in [3.63, 3.8) is 0 Å². The zero-order valence-electron chi connectivity index (χ0n) is 23.0. The normalized spacial score (nSPS) is 13.6. The molecule has 0 saturated heterocycles. The number of nitrogens with one attached hydrogen (secondary N) is 1. The third-order valence-corrected chi connectivity index (χ3v) is 5.23. The maximum absolute atomic E-state index is 13.2. The van der Waals surface area contributed by atoms with E-state index < -0.39 is 81.2 Å². The number of carboxylic acids is 1. The zero-order valence-corrected chi connectivity index (χ0v) is 23.0. The summed E-state index contributed by atoms with van der Waals surface area (Å²) in [6.07, 6.45) is -1.67. The summed E-state index contributed by atoms with van der Waals surface area (Å²) in [7, 11) is 0. The molecule has 1 aromatic carbocycles. The van der Waals surface area contributed by atoms with Crippen molar-refractivity contribution in [1.82, 2.24) is 5.32 Å². The predicted octanol–water partition coefficient (Wildman–Crippen LogP) is 2.87. The van der Waals surface area contributed by atoms with Gasteiger partial charge in [-0.1, -0.05) is 0 Å². The number of benzene rings is 1. The summed E-state index contributed by atoms with van der Waals surface area (Å²) >= 11 is 0. The molecule has 1 heterocycles. The van der Waals surface area contributed by atoms with E-state index in [2.05, 4.69) is 5.32 Å². The van der Waals surface area contributed by atoms with Gasteiger partial charge in [0.05, 0.1) is 9.85 Å². The van der Waals surface area contributed by atoms with Crippen LogP contribution in [-0.2, 0) is 30.3 Å². The average molecular weight is 569 g/mol. The first-order chi connectivity index (χ1) is 18.3. The van der Waals surface area contributed by atoms with Gasteiger partial charge in [-0.3, -0.25) is 25.0 Å². The van der Waals surface area contributed by atoms with Crippen molar-refractivity contribution in [2.75, 3.05) is 18.1 Å². The lowest BCUT2D eigenvalue weighted by Crippen LogP contribution is -2.46. The van der Waals surface area contributed by atoms with Gasteiger partial charge in [-0.15, -0.1) is 0 Å². The topological polar surface area (TPSA) is 218 Å². The van der Waals surface area contributed by atoms with Gasteiger partial charge in [-0.2, -0.15) is 0 Å². The number of anilines is 1. The Balaban J connectivity index is 2.38. The molecule has 0 saturated carbocycles. The molecule has 16 nitrogen and oxygen atoms in total. The summed E-state index contributed by atoms with van der Waals surface area (Å²) in [6, 6.07) is -0.698. The van der Waals surface area contributed by atoms with Crippen LogP contribution >= 0.6 is 0 Å². The molecule has 1 aromatic rings. The number of ether oxygens (including phenoxy) is 3. The highest BCUT2D eigenvalue weighted by Crippen LogP contribution is 2.47. The summed E-state index contributed by atoms with van der Waals surface area (Å²) in [4.78, 5) is 71.9. The molecular weight excluding hydrogens is 536 g/mol. The molecule has 2 amide bonds. The molecule has 0 spiro atoms. The van der Waals surface area contributed by atoms with E-state index in [9.17, 15) is 39.4 Å². The molecular formula is C24H32N4O12. The molecule has 1 aliphatic rings. The quantitative estimate of drug-likeness (QED) is 0.236. The van der Waals surface area contributed by atoms with Crippen molar-refractivity contribution < 1.29 is 48.3 Å². The van der Waals surface area contributed by atoms with Gasteiger partial charge < -0.3 is 29.5 Å². The lowest BCUT2D eigenvalue weighted by atomic mass is 10.1. The van der Waals surface area contributed by atoms with Gasteiger partial charge in [0.1, 0.15) is 29.0 Å². The van der Waals surface area contributed by atoms with Crippen LogP contribution in [0, 0.1) is 20.2 Å². The van der Waals surface area contributed by atoms with Crippen molar-refractivity contribution in [2.45, 2.75) is 78.0 Å². The molecule has 0 fully saturated rings. The van der Waals surface area contributed by atoms with E-state index in [1.54, 1.807) is 41.5 Å². The van der Waals surface area contributed by atoms with Gasteiger partial charge in [0.25, 0.3) is 5.69 Å². The third kappa shape index (κ3) is 8.51. The molecule has 0 aliphatic carbocycles. The number of carbonyl (C=O) groups excluding carboxylic acids is 3. The number of hydrogen-bond donors (Lipinski definition) is 2. The van der Waals surface area contributed by atoms with E-state index in [1.165, 1.54) is 0 Å². The standard InChI is InChI=1S/C24H32N4O12/c1-23(2,3)39-21(32)14(25-22(33)40-24(4,5)6)7-8-17(29)26-10-9-13-19(26)15(27(34)35)11-16(28(36)37)20(13)38-12-18(30)31/h11,14H,7-10,12H2,1-6H3,(H,25,33)(H,30,31)/t14-/m0/s1. The van der Waals surface area contributed by atoms with Crippen LogP contribution in [0.15, 0.2) is 6.07 Å². The van der Waals surface area contributed by atoms with Crippen LogP contribution in [0.25, 0.3) is 0 Å². The van der Waals surface area contributed by atoms with Crippen molar-refractivity contribution in [1.29, 1.82) is 0 Å². The van der Waals surface area contributed by atoms with Gasteiger partial charge >= 0.3 is 23.7 Å². The second kappa shape index (κ2) is 12.1. The minimum Gasteiger partial charge on any atom is -0.479 e. The molecule has 0 bridgehead atoms. The summed E-state index contributed by atoms with van der Waals surface area (Å²) in [5, 5.41) is 34.7. The SMILES string of the molecule is CC(C)(C)OC(=O)N[C@@H](CCC(=O)N1CCc2c(OCC(=O)O)c([N+](=O)[O-])cc([N+](=O)[O-])c21)C(=O)OC(C)(C)C. The second-order valence-electron chi connectivity index (χ2n) is 10.8.